The highest BCUT2D eigenvalue weighted by molar-refractivity contribution is 5.83. The van der Waals surface area contributed by atoms with E-state index in [9.17, 15) is 9.59 Å². The fourth-order valence-electron chi connectivity index (χ4n) is 3.71. The third kappa shape index (κ3) is 5.24. The van der Waals surface area contributed by atoms with Crippen molar-refractivity contribution in [1.82, 2.24) is 10.6 Å². The zero-order valence-corrected chi connectivity index (χ0v) is 17.1. The highest BCUT2D eigenvalue weighted by Gasteiger charge is 2.49. The first kappa shape index (κ1) is 19.7. The summed E-state index contributed by atoms with van der Waals surface area (Å²) in [4.78, 5) is 24.8. The van der Waals surface area contributed by atoms with Gasteiger partial charge in [-0.25, -0.2) is 4.79 Å². The summed E-state index contributed by atoms with van der Waals surface area (Å²) in [5.74, 6) is 0.855. The van der Waals surface area contributed by atoms with Gasteiger partial charge in [0.15, 0.2) is 0 Å². The molecule has 148 valence electrons. The first-order valence-electron chi connectivity index (χ1n) is 9.93. The van der Waals surface area contributed by atoms with Gasteiger partial charge in [0.25, 0.3) is 0 Å². The Balaban J connectivity index is 1.56. The first-order chi connectivity index (χ1) is 12.6. The smallest absolute Gasteiger partial charge is 0.407 e. The maximum absolute atomic E-state index is 12.8. The summed E-state index contributed by atoms with van der Waals surface area (Å²) in [7, 11) is 0. The lowest BCUT2D eigenvalue weighted by molar-refractivity contribution is -0.124. The number of aryl methyl sites for hydroxylation is 1. The molecule has 2 N–H and O–H groups in total. The summed E-state index contributed by atoms with van der Waals surface area (Å²) in [6.45, 7) is 10.0. The number of alkyl carbamates (subject to hydrolysis) is 1. The van der Waals surface area contributed by atoms with Crippen LogP contribution < -0.4 is 10.6 Å². The molecule has 0 saturated heterocycles. The molecule has 0 spiro atoms. The molecule has 2 amide bonds. The Kier molecular flexibility index (Phi) is 5.24. The van der Waals surface area contributed by atoms with E-state index in [1.165, 1.54) is 11.1 Å². The van der Waals surface area contributed by atoms with Crippen molar-refractivity contribution in [2.75, 3.05) is 6.54 Å². The molecule has 3 rings (SSSR count). The van der Waals surface area contributed by atoms with E-state index < -0.39 is 17.2 Å². The Hall–Kier alpha value is -2.04. The van der Waals surface area contributed by atoms with Crippen molar-refractivity contribution >= 4 is 12.0 Å². The number of carbonyl (C=O) groups is 2. The topological polar surface area (TPSA) is 67.4 Å². The van der Waals surface area contributed by atoms with E-state index in [0.29, 0.717) is 18.4 Å². The molecule has 2 aliphatic rings. The molecule has 0 heterocycles. The van der Waals surface area contributed by atoms with E-state index in [2.05, 4.69) is 41.8 Å². The van der Waals surface area contributed by atoms with Crippen LogP contribution in [-0.2, 0) is 9.53 Å². The molecule has 27 heavy (non-hydrogen) atoms. The number of ether oxygens (including phenoxy) is 1. The average molecular weight is 373 g/mol. The number of hydrogen-bond acceptors (Lipinski definition) is 3. The van der Waals surface area contributed by atoms with Gasteiger partial charge in [0, 0.05) is 12.5 Å². The Morgan fingerprint density at radius 3 is 2.48 bits per heavy atom. The van der Waals surface area contributed by atoms with Crippen LogP contribution in [0.15, 0.2) is 24.3 Å². The highest BCUT2D eigenvalue weighted by Crippen LogP contribution is 2.48. The summed E-state index contributed by atoms with van der Waals surface area (Å²) in [6.07, 6.45) is 2.63. The lowest BCUT2D eigenvalue weighted by Crippen LogP contribution is -2.56. The fraction of sp³-hybridized carbons (Fsp3) is 0.636. The lowest BCUT2D eigenvalue weighted by atomic mass is 9.95. The Morgan fingerprint density at radius 2 is 1.89 bits per heavy atom. The standard InChI is InChI=1S/C22H32N2O3/c1-14-7-6-8-15(11-14)17-12-18(17)19(25)24-22(5,16-9-10-16)13-23-20(26)27-21(2,3)4/h6-8,11,16-18H,9-10,12-13H2,1-5H3,(H,23,26)(H,24,25). The average Bonchev–Trinajstić information content (AvgIpc) is 3.44. The highest BCUT2D eigenvalue weighted by atomic mass is 16.6. The van der Waals surface area contributed by atoms with Crippen LogP contribution in [0.25, 0.3) is 0 Å². The molecule has 0 radical (unpaired) electrons. The second kappa shape index (κ2) is 7.17. The number of carbonyl (C=O) groups excluding carboxylic acids is 2. The minimum absolute atomic E-state index is 0.0337. The molecule has 1 aromatic rings. The van der Waals surface area contributed by atoms with Crippen molar-refractivity contribution in [3.63, 3.8) is 0 Å². The molecular weight excluding hydrogens is 340 g/mol. The van der Waals surface area contributed by atoms with Gasteiger partial charge in [-0.1, -0.05) is 29.8 Å². The molecular formula is C22H32N2O3. The molecule has 0 aromatic heterocycles. The van der Waals surface area contributed by atoms with Gasteiger partial charge in [-0.15, -0.1) is 0 Å². The van der Waals surface area contributed by atoms with Crippen molar-refractivity contribution < 1.29 is 14.3 Å². The summed E-state index contributed by atoms with van der Waals surface area (Å²) in [5, 5.41) is 6.08. The van der Waals surface area contributed by atoms with Crippen LogP contribution in [0, 0.1) is 18.8 Å². The Morgan fingerprint density at radius 1 is 1.19 bits per heavy atom. The van der Waals surface area contributed by atoms with Crippen LogP contribution >= 0.6 is 0 Å². The number of nitrogens with one attached hydrogen (secondary N) is 2. The van der Waals surface area contributed by atoms with Gasteiger partial charge in [-0.2, -0.15) is 0 Å². The Labute approximate surface area is 162 Å². The number of hydrogen-bond donors (Lipinski definition) is 2. The number of rotatable bonds is 6. The maximum Gasteiger partial charge on any atom is 0.407 e. The van der Waals surface area contributed by atoms with Gasteiger partial charge in [0.05, 0.1) is 5.54 Å². The van der Waals surface area contributed by atoms with Crippen LogP contribution in [0.5, 0.6) is 0 Å². The SMILES string of the molecule is Cc1cccc(C2CC2C(=O)NC(C)(CNC(=O)OC(C)(C)C)C2CC2)c1. The van der Waals surface area contributed by atoms with Gasteiger partial charge in [0.2, 0.25) is 5.91 Å². The summed E-state index contributed by atoms with van der Waals surface area (Å²) >= 11 is 0. The molecule has 0 aliphatic heterocycles. The van der Waals surface area contributed by atoms with Crippen LogP contribution in [0.3, 0.4) is 0 Å². The lowest BCUT2D eigenvalue weighted by Gasteiger charge is -2.32. The van der Waals surface area contributed by atoms with E-state index >= 15 is 0 Å². The van der Waals surface area contributed by atoms with E-state index in [4.69, 9.17) is 4.74 Å². The van der Waals surface area contributed by atoms with E-state index in [1.807, 2.05) is 27.7 Å². The molecule has 2 aliphatic carbocycles. The monoisotopic (exact) mass is 372 g/mol. The number of amides is 2. The second-order valence-electron chi connectivity index (χ2n) is 9.40. The molecule has 5 heteroatoms. The van der Waals surface area contributed by atoms with Crippen molar-refractivity contribution in [2.24, 2.45) is 11.8 Å². The second-order valence-corrected chi connectivity index (χ2v) is 9.40. The minimum atomic E-state index is -0.529. The quantitative estimate of drug-likeness (QED) is 0.796. The van der Waals surface area contributed by atoms with Gasteiger partial charge in [0.1, 0.15) is 5.60 Å². The van der Waals surface area contributed by atoms with Crippen molar-refractivity contribution in [2.45, 2.75) is 70.9 Å². The predicted molar refractivity (Wildman–Crippen MR) is 106 cm³/mol. The maximum atomic E-state index is 12.8. The molecule has 2 fully saturated rings. The van der Waals surface area contributed by atoms with Gasteiger partial charge in [-0.05, 0) is 71.3 Å². The van der Waals surface area contributed by atoms with E-state index in [-0.39, 0.29) is 11.8 Å². The zero-order valence-electron chi connectivity index (χ0n) is 17.1. The minimum Gasteiger partial charge on any atom is -0.444 e. The molecule has 0 bridgehead atoms. The molecule has 1 aromatic carbocycles. The van der Waals surface area contributed by atoms with Gasteiger partial charge >= 0.3 is 6.09 Å². The molecule has 3 unspecified atom stereocenters. The normalized spacial score (nSPS) is 23.9. The van der Waals surface area contributed by atoms with E-state index in [1.54, 1.807) is 0 Å². The van der Waals surface area contributed by atoms with E-state index in [0.717, 1.165) is 19.3 Å². The fourth-order valence-corrected chi connectivity index (χ4v) is 3.71. The van der Waals surface area contributed by atoms with Gasteiger partial charge < -0.3 is 15.4 Å². The van der Waals surface area contributed by atoms with Crippen molar-refractivity contribution in [1.29, 1.82) is 0 Å². The molecule has 3 atom stereocenters. The Bertz CT molecular complexity index is 721. The van der Waals surface area contributed by atoms with Crippen molar-refractivity contribution in [3.8, 4) is 0 Å². The predicted octanol–water partition coefficient (Wildman–Crippen LogP) is 3.91. The third-order valence-corrected chi connectivity index (χ3v) is 5.48. The van der Waals surface area contributed by atoms with Crippen LogP contribution in [-0.4, -0.2) is 29.7 Å². The first-order valence-corrected chi connectivity index (χ1v) is 9.93. The van der Waals surface area contributed by atoms with Crippen LogP contribution in [0.2, 0.25) is 0 Å². The van der Waals surface area contributed by atoms with Crippen LogP contribution in [0.4, 0.5) is 4.79 Å². The summed E-state index contributed by atoms with van der Waals surface area (Å²) in [5.41, 5.74) is 1.52. The van der Waals surface area contributed by atoms with Crippen molar-refractivity contribution in [3.05, 3.63) is 35.4 Å². The molecule has 2 saturated carbocycles. The summed E-state index contributed by atoms with van der Waals surface area (Å²) in [6, 6.07) is 8.40. The third-order valence-electron chi connectivity index (χ3n) is 5.48. The van der Waals surface area contributed by atoms with Gasteiger partial charge in [-0.3, -0.25) is 4.79 Å². The number of benzene rings is 1. The molecule has 5 nitrogen and oxygen atoms in total. The zero-order chi connectivity index (χ0) is 19.8. The largest absolute Gasteiger partial charge is 0.444 e. The van der Waals surface area contributed by atoms with Crippen LogP contribution in [0.1, 0.15) is 64.0 Å². The summed E-state index contributed by atoms with van der Waals surface area (Å²) < 4.78 is 5.32.